The molecule has 2 unspecified atom stereocenters. The Morgan fingerprint density at radius 3 is 2.63 bits per heavy atom. The Morgan fingerprint density at radius 1 is 1.11 bits per heavy atom. The highest BCUT2D eigenvalue weighted by Gasteiger charge is 2.32. The zero-order valence-electron chi connectivity index (χ0n) is 11.3. The second-order valence-electron chi connectivity index (χ2n) is 5.92. The van der Waals surface area contributed by atoms with E-state index in [2.05, 4.69) is 17.4 Å². The molecule has 0 radical (unpaired) electrons. The van der Waals surface area contributed by atoms with Crippen LogP contribution in [-0.2, 0) is 4.79 Å². The highest BCUT2D eigenvalue weighted by atomic mass is 16.2. The fraction of sp³-hybridized carbons (Fsp3) is 0.562. The number of hydrogen-bond acceptors (Lipinski definition) is 2. The van der Waals surface area contributed by atoms with Crippen molar-refractivity contribution in [1.82, 2.24) is 0 Å². The van der Waals surface area contributed by atoms with Crippen LogP contribution in [0.25, 0.3) is 0 Å². The molecular weight excluding hydrogens is 236 g/mol. The first-order chi connectivity index (χ1) is 9.25. The summed E-state index contributed by atoms with van der Waals surface area (Å²) < 4.78 is 0. The third-order valence-corrected chi connectivity index (χ3v) is 4.68. The molecule has 1 amide bonds. The summed E-state index contributed by atoms with van der Waals surface area (Å²) in [7, 11) is 0. The van der Waals surface area contributed by atoms with Gasteiger partial charge in [-0.05, 0) is 42.7 Å². The van der Waals surface area contributed by atoms with Gasteiger partial charge in [-0.3, -0.25) is 4.79 Å². The molecule has 0 bridgehead atoms. The SMILES string of the molecule is NC1CC(C2CCCCC2)c2ccccc2NC1=O. The van der Waals surface area contributed by atoms with Crippen molar-refractivity contribution in [3.8, 4) is 0 Å². The quantitative estimate of drug-likeness (QED) is 0.813. The van der Waals surface area contributed by atoms with Gasteiger partial charge in [-0.2, -0.15) is 0 Å². The number of benzene rings is 1. The number of nitrogens with two attached hydrogens (primary N) is 1. The minimum atomic E-state index is -0.376. The number of nitrogens with one attached hydrogen (secondary N) is 1. The molecule has 0 spiro atoms. The Morgan fingerprint density at radius 2 is 1.84 bits per heavy atom. The lowest BCUT2D eigenvalue weighted by molar-refractivity contribution is -0.117. The van der Waals surface area contributed by atoms with Crippen molar-refractivity contribution >= 4 is 11.6 Å². The maximum absolute atomic E-state index is 12.0. The van der Waals surface area contributed by atoms with E-state index in [1.54, 1.807) is 0 Å². The standard InChI is InChI=1S/C16H22N2O/c17-14-10-13(11-6-2-1-3-7-11)12-8-4-5-9-15(12)18-16(14)19/h4-5,8-9,11,13-14H,1-3,6-7,10,17H2,(H,18,19). The Bertz CT molecular complexity index is 466. The van der Waals surface area contributed by atoms with E-state index in [-0.39, 0.29) is 11.9 Å². The number of amides is 1. The number of rotatable bonds is 1. The van der Waals surface area contributed by atoms with Crippen LogP contribution in [0.3, 0.4) is 0 Å². The lowest BCUT2D eigenvalue weighted by Gasteiger charge is -2.31. The molecule has 3 heteroatoms. The summed E-state index contributed by atoms with van der Waals surface area (Å²) in [6, 6.07) is 7.83. The van der Waals surface area contributed by atoms with Gasteiger partial charge in [0.1, 0.15) is 0 Å². The fourth-order valence-corrected chi connectivity index (χ4v) is 3.65. The van der Waals surface area contributed by atoms with Crippen LogP contribution in [-0.4, -0.2) is 11.9 Å². The average Bonchev–Trinajstić information content (AvgIpc) is 2.58. The average molecular weight is 258 g/mol. The number of anilines is 1. The Balaban J connectivity index is 1.95. The van der Waals surface area contributed by atoms with E-state index >= 15 is 0 Å². The molecule has 1 aliphatic carbocycles. The molecule has 1 aliphatic heterocycles. The first kappa shape index (κ1) is 12.7. The predicted octanol–water partition coefficient (Wildman–Crippen LogP) is 3.02. The molecular formula is C16H22N2O. The van der Waals surface area contributed by atoms with Crippen LogP contribution in [0.5, 0.6) is 0 Å². The number of carbonyl (C=O) groups excluding carboxylic acids is 1. The van der Waals surface area contributed by atoms with E-state index in [4.69, 9.17) is 5.73 Å². The summed E-state index contributed by atoms with van der Waals surface area (Å²) in [6.07, 6.45) is 7.33. The molecule has 1 saturated carbocycles. The van der Waals surface area contributed by atoms with Crippen molar-refractivity contribution in [2.24, 2.45) is 11.7 Å². The molecule has 1 aromatic carbocycles. The summed E-state index contributed by atoms with van der Waals surface area (Å²) in [5.74, 6) is 1.09. The van der Waals surface area contributed by atoms with Crippen LogP contribution in [0.1, 0.15) is 50.0 Å². The van der Waals surface area contributed by atoms with E-state index in [0.29, 0.717) is 11.8 Å². The van der Waals surface area contributed by atoms with Crippen molar-refractivity contribution in [3.63, 3.8) is 0 Å². The van der Waals surface area contributed by atoms with Crippen molar-refractivity contribution in [3.05, 3.63) is 29.8 Å². The number of hydrogen-bond donors (Lipinski definition) is 2. The Hall–Kier alpha value is -1.35. The van der Waals surface area contributed by atoms with E-state index in [1.165, 1.54) is 37.7 Å². The lowest BCUT2D eigenvalue weighted by Crippen LogP contribution is -2.35. The highest BCUT2D eigenvalue weighted by molar-refractivity contribution is 5.96. The molecule has 0 aromatic heterocycles. The molecule has 1 fully saturated rings. The van der Waals surface area contributed by atoms with E-state index < -0.39 is 0 Å². The van der Waals surface area contributed by atoms with Gasteiger partial charge in [-0.25, -0.2) is 0 Å². The van der Waals surface area contributed by atoms with Gasteiger partial charge in [-0.15, -0.1) is 0 Å². The molecule has 2 atom stereocenters. The normalized spacial score (nSPS) is 28.4. The number of fused-ring (bicyclic) bond motifs is 1. The van der Waals surface area contributed by atoms with Crippen molar-refractivity contribution in [1.29, 1.82) is 0 Å². The Kier molecular flexibility index (Phi) is 3.56. The maximum Gasteiger partial charge on any atom is 0.241 e. The summed E-state index contributed by atoms with van der Waals surface area (Å²) >= 11 is 0. The van der Waals surface area contributed by atoms with Crippen molar-refractivity contribution in [2.45, 2.75) is 50.5 Å². The van der Waals surface area contributed by atoms with Crippen molar-refractivity contribution in [2.75, 3.05) is 5.32 Å². The van der Waals surface area contributed by atoms with Crippen LogP contribution < -0.4 is 11.1 Å². The zero-order chi connectivity index (χ0) is 13.2. The van der Waals surface area contributed by atoms with Gasteiger partial charge >= 0.3 is 0 Å². The molecule has 2 aliphatic rings. The monoisotopic (exact) mass is 258 g/mol. The first-order valence-electron chi connectivity index (χ1n) is 7.41. The summed E-state index contributed by atoms with van der Waals surface area (Å²) in [5, 5.41) is 2.98. The fourth-order valence-electron chi connectivity index (χ4n) is 3.65. The van der Waals surface area contributed by atoms with Gasteiger partial charge < -0.3 is 11.1 Å². The molecule has 0 saturated heterocycles. The third kappa shape index (κ3) is 2.52. The molecule has 19 heavy (non-hydrogen) atoms. The third-order valence-electron chi connectivity index (χ3n) is 4.68. The van der Waals surface area contributed by atoms with Gasteiger partial charge in [-0.1, -0.05) is 37.5 Å². The van der Waals surface area contributed by atoms with E-state index in [0.717, 1.165) is 12.1 Å². The lowest BCUT2D eigenvalue weighted by atomic mass is 9.74. The number of carbonyl (C=O) groups is 1. The van der Waals surface area contributed by atoms with Gasteiger partial charge in [0, 0.05) is 5.69 Å². The Labute approximate surface area is 114 Å². The van der Waals surface area contributed by atoms with Crippen LogP contribution >= 0.6 is 0 Å². The molecule has 1 heterocycles. The summed E-state index contributed by atoms with van der Waals surface area (Å²) in [5.41, 5.74) is 8.30. The molecule has 3 rings (SSSR count). The van der Waals surface area contributed by atoms with Gasteiger partial charge in [0.05, 0.1) is 6.04 Å². The summed E-state index contributed by atoms with van der Waals surface area (Å²) in [6.45, 7) is 0. The maximum atomic E-state index is 12.0. The molecule has 1 aromatic rings. The second-order valence-corrected chi connectivity index (χ2v) is 5.92. The zero-order valence-corrected chi connectivity index (χ0v) is 11.3. The minimum Gasteiger partial charge on any atom is -0.324 e. The van der Waals surface area contributed by atoms with E-state index in [9.17, 15) is 4.79 Å². The second kappa shape index (κ2) is 5.33. The molecule has 3 nitrogen and oxygen atoms in total. The van der Waals surface area contributed by atoms with Gasteiger partial charge in [0.2, 0.25) is 5.91 Å². The largest absolute Gasteiger partial charge is 0.324 e. The molecule has 3 N–H and O–H groups in total. The van der Waals surface area contributed by atoms with Crippen LogP contribution in [0.15, 0.2) is 24.3 Å². The predicted molar refractivity (Wildman–Crippen MR) is 77.0 cm³/mol. The minimum absolute atomic E-state index is 0.0363. The summed E-state index contributed by atoms with van der Waals surface area (Å²) in [4.78, 5) is 12.0. The first-order valence-corrected chi connectivity index (χ1v) is 7.41. The van der Waals surface area contributed by atoms with Crippen LogP contribution in [0.2, 0.25) is 0 Å². The van der Waals surface area contributed by atoms with Crippen LogP contribution in [0, 0.1) is 5.92 Å². The van der Waals surface area contributed by atoms with E-state index in [1.807, 2.05) is 12.1 Å². The number of para-hydroxylation sites is 1. The van der Waals surface area contributed by atoms with Gasteiger partial charge in [0.25, 0.3) is 0 Å². The van der Waals surface area contributed by atoms with Crippen molar-refractivity contribution < 1.29 is 4.79 Å². The smallest absolute Gasteiger partial charge is 0.241 e. The van der Waals surface area contributed by atoms with Crippen LogP contribution in [0.4, 0.5) is 5.69 Å². The van der Waals surface area contributed by atoms with Gasteiger partial charge in [0.15, 0.2) is 0 Å². The molecule has 102 valence electrons. The highest BCUT2D eigenvalue weighted by Crippen LogP contribution is 2.42. The topological polar surface area (TPSA) is 55.1 Å².